The fourth-order valence-corrected chi connectivity index (χ4v) is 2.63. The van der Waals surface area contributed by atoms with Crippen molar-refractivity contribution in [1.82, 2.24) is 10.2 Å². The van der Waals surface area contributed by atoms with Gasteiger partial charge in [0.2, 0.25) is 0 Å². The van der Waals surface area contributed by atoms with Crippen LogP contribution in [0.3, 0.4) is 0 Å². The zero-order valence-electron chi connectivity index (χ0n) is 8.58. The lowest BCUT2D eigenvalue weighted by Gasteiger charge is -2.25. The van der Waals surface area contributed by atoms with Crippen molar-refractivity contribution in [3.05, 3.63) is 0 Å². The van der Waals surface area contributed by atoms with Crippen LogP contribution in [0.1, 0.15) is 13.8 Å². The molecule has 0 amide bonds. The van der Waals surface area contributed by atoms with E-state index in [0.717, 1.165) is 18.4 Å². The lowest BCUT2D eigenvalue weighted by molar-refractivity contribution is 0.0417. The third kappa shape index (κ3) is 2.22. The number of hydrogen-bond donors (Lipinski definition) is 2. The zero-order chi connectivity index (χ0) is 9.47. The summed E-state index contributed by atoms with van der Waals surface area (Å²) in [6.07, 6.45) is 0. The molecule has 0 spiro atoms. The number of nitrogens with one attached hydrogen (secondary N) is 1. The monoisotopic (exact) mass is 184 g/mol. The van der Waals surface area contributed by atoms with Gasteiger partial charge >= 0.3 is 0 Å². The van der Waals surface area contributed by atoms with Crippen LogP contribution >= 0.6 is 0 Å². The molecule has 0 saturated carbocycles. The Balaban J connectivity index is 1.85. The molecule has 0 aliphatic carbocycles. The van der Waals surface area contributed by atoms with Crippen LogP contribution in [0.25, 0.3) is 0 Å². The van der Waals surface area contributed by atoms with Crippen LogP contribution in [0.15, 0.2) is 0 Å². The summed E-state index contributed by atoms with van der Waals surface area (Å²) < 4.78 is 0. The van der Waals surface area contributed by atoms with E-state index in [1.54, 1.807) is 0 Å². The summed E-state index contributed by atoms with van der Waals surface area (Å²) >= 11 is 0. The molecule has 3 nitrogen and oxygen atoms in total. The minimum atomic E-state index is -0.536. The predicted octanol–water partition coefficient (Wildman–Crippen LogP) is -0.0915. The number of likely N-dealkylation sites (tertiary alicyclic amines) is 1. The molecule has 2 rings (SSSR count). The van der Waals surface area contributed by atoms with Crippen molar-refractivity contribution in [1.29, 1.82) is 0 Å². The highest BCUT2D eigenvalue weighted by molar-refractivity contribution is 4.92. The number of rotatable bonds is 2. The van der Waals surface area contributed by atoms with Gasteiger partial charge in [-0.05, 0) is 38.8 Å². The highest BCUT2D eigenvalue weighted by Gasteiger charge is 2.37. The van der Waals surface area contributed by atoms with Crippen molar-refractivity contribution in [2.24, 2.45) is 11.8 Å². The maximum absolute atomic E-state index is 9.68. The Bertz CT molecular complexity index is 176. The number of hydrogen-bond acceptors (Lipinski definition) is 3. The fourth-order valence-electron chi connectivity index (χ4n) is 2.63. The van der Waals surface area contributed by atoms with Crippen LogP contribution in [0.5, 0.6) is 0 Å². The number of aliphatic hydroxyl groups is 1. The molecule has 2 saturated heterocycles. The van der Waals surface area contributed by atoms with Crippen molar-refractivity contribution < 1.29 is 5.11 Å². The Morgan fingerprint density at radius 2 is 1.85 bits per heavy atom. The lowest BCUT2D eigenvalue weighted by atomic mass is 10.0. The van der Waals surface area contributed by atoms with Gasteiger partial charge in [-0.1, -0.05) is 0 Å². The van der Waals surface area contributed by atoms with Gasteiger partial charge in [0.1, 0.15) is 0 Å². The quantitative estimate of drug-likeness (QED) is 0.629. The second kappa shape index (κ2) is 3.23. The summed E-state index contributed by atoms with van der Waals surface area (Å²) in [4.78, 5) is 2.40. The minimum absolute atomic E-state index is 0.536. The van der Waals surface area contributed by atoms with Gasteiger partial charge < -0.3 is 10.4 Å². The maximum atomic E-state index is 9.68. The molecule has 0 radical (unpaired) electrons. The average molecular weight is 184 g/mol. The predicted molar refractivity (Wildman–Crippen MR) is 52.6 cm³/mol. The SMILES string of the molecule is CC(C)(O)CN1CC2CNCC2C1. The van der Waals surface area contributed by atoms with E-state index in [0.29, 0.717) is 0 Å². The first-order chi connectivity index (χ1) is 6.04. The zero-order valence-corrected chi connectivity index (χ0v) is 8.58. The van der Waals surface area contributed by atoms with Gasteiger partial charge in [0.25, 0.3) is 0 Å². The van der Waals surface area contributed by atoms with Crippen molar-refractivity contribution in [3.63, 3.8) is 0 Å². The molecule has 13 heavy (non-hydrogen) atoms. The maximum Gasteiger partial charge on any atom is 0.0718 e. The molecule has 2 atom stereocenters. The molecule has 2 fully saturated rings. The molecular weight excluding hydrogens is 164 g/mol. The van der Waals surface area contributed by atoms with Crippen molar-refractivity contribution in [2.75, 3.05) is 32.7 Å². The summed E-state index contributed by atoms with van der Waals surface area (Å²) in [5.74, 6) is 1.67. The second-order valence-corrected chi connectivity index (χ2v) is 5.18. The Labute approximate surface area is 80.1 Å². The van der Waals surface area contributed by atoms with E-state index in [9.17, 15) is 5.11 Å². The van der Waals surface area contributed by atoms with E-state index in [1.165, 1.54) is 26.2 Å². The van der Waals surface area contributed by atoms with E-state index in [-0.39, 0.29) is 0 Å². The number of fused-ring (bicyclic) bond motifs is 1. The summed E-state index contributed by atoms with van der Waals surface area (Å²) in [5, 5.41) is 13.1. The highest BCUT2D eigenvalue weighted by Crippen LogP contribution is 2.27. The van der Waals surface area contributed by atoms with Gasteiger partial charge in [-0.15, -0.1) is 0 Å². The molecule has 0 aromatic rings. The summed E-state index contributed by atoms with van der Waals surface area (Å²) in [6.45, 7) is 9.28. The van der Waals surface area contributed by atoms with E-state index < -0.39 is 5.60 Å². The smallest absolute Gasteiger partial charge is 0.0718 e. The normalized spacial score (nSPS) is 35.3. The lowest BCUT2D eigenvalue weighted by Crippen LogP contribution is -2.38. The Hall–Kier alpha value is -0.120. The molecular formula is C10H20N2O. The average Bonchev–Trinajstić information content (AvgIpc) is 2.40. The summed E-state index contributed by atoms with van der Waals surface area (Å²) in [6, 6.07) is 0. The second-order valence-electron chi connectivity index (χ2n) is 5.18. The third-order valence-electron chi connectivity index (χ3n) is 3.08. The van der Waals surface area contributed by atoms with E-state index >= 15 is 0 Å². The molecule has 3 heteroatoms. The Morgan fingerprint density at radius 1 is 1.31 bits per heavy atom. The van der Waals surface area contributed by atoms with Gasteiger partial charge in [0.05, 0.1) is 5.60 Å². The third-order valence-corrected chi connectivity index (χ3v) is 3.08. The first-order valence-electron chi connectivity index (χ1n) is 5.20. The van der Waals surface area contributed by atoms with E-state index in [1.807, 2.05) is 13.8 Å². The standard InChI is InChI=1S/C10H20N2O/c1-10(2,13)7-12-5-8-3-11-4-9(8)6-12/h8-9,11,13H,3-7H2,1-2H3. The van der Waals surface area contributed by atoms with Crippen LogP contribution in [0, 0.1) is 11.8 Å². The van der Waals surface area contributed by atoms with Crippen LogP contribution in [-0.4, -0.2) is 48.3 Å². The number of nitrogens with zero attached hydrogens (tertiary/aromatic N) is 1. The summed E-state index contributed by atoms with van der Waals surface area (Å²) in [7, 11) is 0. The molecule has 0 aromatic carbocycles. The van der Waals surface area contributed by atoms with Gasteiger partial charge in [0, 0.05) is 19.6 Å². The van der Waals surface area contributed by atoms with Gasteiger partial charge in [-0.2, -0.15) is 0 Å². The van der Waals surface area contributed by atoms with Crippen LogP contribution < -0.4 is 5.32 Å². The van der Waals surface area contributed by atoms with E-state index in [4.69, 9.17) is 0 Å². The van der Waals surface area contributed by atoms with Gasteiger partial charge in [-0.3, -0.25) is 4.90 Å². The van der Waals surface area contributed by atoms with Gasteiger partial charge in [-0.25, -0.2) is 0 Å². The van der Waals surface area contributed by atoms with Gasteiger partial charge in [0.15, 0.2) is 0 Å². The summed E-state index contributed by atoms with van der Waals surface area (Å²) in [5.41, 5.74) is -0.536. The van der Waals surface area contributed by atoms with Crippen LogP contribution in [0.4, 0.5) is 0 Å². The molecule has 2 unspecified atom stereocenters. The highest BCUT2D eigenvalue weighted by atomic mass is 16.3. The largest absolute Gasteiger partial charge is 0.389 e. The molecule has 0 bridgehead atoms. The molecule has 0 aromatic heterocycles. The molecule has 2 heterocycles. The molecule has 2 aliphatic heterocycles. The Kier molecular flexibility index (Phi) is 2.34. The minimum Gasteiger partial charge on any atom is -0.389 e. The van der Waals surface area contributed by atoms with Crippen LogP contribution in [-0.2, 0) is 0 Å². The van der Waals surface area contributed by atoms with Crippen molar-refractivity contribution in [3.8, 4) is 0 Å². The molecule has 2 aliphatic rings. The van der Waals surface area contributed by atoms with Crippen molar-refractivity contribution >= 4 is 0 Å². The number of β-amino-alcohol motifs (C(OH)–C–C–N with tert-alkyl or cyclic N) is 1. The van der Waals surface area contributed by atoms with Crippen LogP contribution in [0.2, 0.25) is 0 Å². The molecule has 2 N–H and O–H groups in total. The Morgan fingerprint density at radius 3 is 2.31 bits per heavy atom. The topological polar surface area (TPSA) is 35.5 Å². The van der Waals surface area contributed by atoms with Crippen molar-refractivity contribution in [2.45, 2.75) is 19.4 Å². The fraction of sp³-hybridized carbons (Fsp3) is 1.00. The van der Waals surface area contributed by atoms with E-state index in [2.05, 4.69) is 10.2 Å². The first kappa shape index (κ1) is 9.44. The first-order valence-corrected chi connectivity index (χ1v) is 5.20. The molecule has 76 valence electrons.